The van der Waals surface area contributed by atoms with Gasteiger partial charge in [0.1, 0.15) is 18.2 Å². The fraction of sp³-hybridized carbons (Fsp3) is 0.105. The Balaban J connectivity index is 2.11. The highest BCUT2D eigenvalue weighted by Gasteiger charge is 2.07. The highest BCUT2D eigenvalue weighted by Crippen LogP contribution is 2.25. The van der Waals surface area contributed by atoms with Crippen LogP contribution < -0.4 is 21.5 Å². The van der Waals surface area contributed by atoms with Gasteiger partial charge in [0.15, 0.2) is 0 Å². The van der Waals surface area contributed by atoms with Gasteiger partial charge < -0.3 is 21.5 Å². The zero-order chi connectivity index (χ0) is 18.1. The fourth-order valence-electron chi connectivity index (χ4n) is 2.10. The van der Waals surface area contributed by atoms with Crippen molar-refractivity contribution in [2.75, 3.05) is 17.7 Å². The molecule has 1 heterocycles. The lowest BCUT2D eigenvalue weighted by molar-refractivity contribution is 0.352. The van der Waals surface area contributed by atoms with Gasteiger partial charge in [0, 0.05) is 22.8 Å². The number of nitrogens with two attached hydrogens (primary N) is 2. The Kier molecular flexibility index (Phi) is 7.10. The standard InChI is InChI=1S/C19H21BrN4O/c1-2-14(5-3-9-21)13-25-18-8-7-16(20)11-15(18)12-24-17-6-4-10-23-19(17)22/h2-11,24H,1,12-13,21H2,(H2,22,23)/b9-3-,14-5+. The maximum atomic E-state index is 5.94. The number of aromatic nitrogens is 1. The predicted octanol–water partition coefficient (Wildman–Crippen LogP) is 4.00. The summed E-state index contributed by atoms with van der Waals surface area (Å²) in [5.41, 5.74) is 13.9. The highest BCUT2D eigenvalue weighted by atomic mass is 79.9. The summed E-state index contributed by atoms with van der Waals surface area (Å²) in [5.74, 6) is 1.24. The summed E-state index contributed by atoms with van der Waals surface area (Å²) < 4.78 is 6.91. The molecule has 0 spiro atoms. The third-order valence-electron chi connectivity index (χ3n) is 3.41. The number of rotatable bonds is 8. The molecule has 0 atom stereocenters. The summed E-state index contributed by atoms with van der Waals surface area (Å²) >= 11 is 3.49. The Morgan fingerprint density at radius 1 is 1.36 bits per heavy atom. The number of nitrogens with zero attached hydrogens (tertiary/aromatic N) is 1. The molecule has 0 bridgehead atoms. The van der Waals surface area contributed by atoms with Gasteiger partial charge in [-0.1, -0.05) is 34.7 Å². The number of hydrogen-bond acceptors (Lipinski definition) is 5. The zero-order valence-electron chi connectivity index (χ0n) is 13.8. The molecule has 2 rings (SSSR count). The van der Waals surface area contributed by atoms with Gasteiger partial charge in [0.25, 0.3) is 0 Å². The van der Waals surface area contributed by atoms with Crippen molar-refractivity contribution in [1.29, 1.82) is 0 Å². The molecule has 0 aliphatic carbocycles. The molecule has 0 unspecified atom stereocenters. The van der Waals surface area contributed by atoms with Gasteiger partial charge in [-0.3, -0.25) is 0 Å². The molecule has 2 aromatic rings. The van der Waals surface area contributed by atoms with Gasteiger partial charge in [-0.15, -0.1) is 0 Å². The summed E-state index contributed by atoms with van der Waals surface area (Å²) in [4.78, 5) is 4.07. The van der Waals surface area contributed by atoms with E-state index in [1.807, 2.05) is 36.4 Å². The van der Waals surface area contributed by atoms with Crippen molar-refractivity contribution in [2.45, 2.75) is 6.54 Å². The molecule has 5 nitrogen and oxygen atoms in total. The molecule has 1 aromatic carbocycles. The number of ether oxygens (including phenoxy) is 1. The maximum absolute atomic E-state index is 5.94. The lowest BCUT2D eigenvalue weighted by Crippen LogP contribution is -2.07. The van der Waals surface area contributed by atoms with E-state index >= 15 is 0 Å². The molecule has 0 saturated carbocycles. The topological polar surface area (TPSA) is 86.2 Å². The molecular formula is C19H21BrN4O. The molecule has 25 heavy (non-hydrogen) atoms. The smallest absolute Gasteiger partial charge is 0.146 e. The van der Waals surface area contributed by atoms with Crippen molar-refractivity contribution >= 4 is 27.4 Å². The Hall–Kier alpha value is -2.73. The van der Waals surface area contributed by atoms with Crippen LogP contribution in [-0.4, -0.2) is 11.6 Å². The molecule has 0 amide bonds. The number of allylic oxidation sites excluding steroid dienone is 2. The molecule has 6 heteroatoms. The van der Waals surface area contributed by atoms with Gasteiger partial charge in [-0.2, -0.15) is 0 Å². The van der Waals surface area contributed by atoms with Gasteiger partial charge in [-0.25, -0.2) is 4.98 Å². The first kappa shape index (κ1) is 18.6. The predicted molar refractivity (Wildman–Crippen MR) is 107 cm³/mol. The second-order valence-electron chi connectivity index (χ2n) is 5.16. The number of anilines is 2. The van der Waals surface area contributed by atoms with E-state index in [2.05, 4.69) is 32.8 Å². The lowest BCUT2D eigenvalue weighted by atomic mass is 10.2. The van der Waals surface area contributed by atoms with E-state index in [0.717, 1.165) is 27.0 Å². The van der Waals surface area contributed by atoms with Crippen LogP contribution in [0.4, 0.5) is 11.5 Å². The van der Waals surface area contributed by atoms with Gasteiger partial charge in [0.2, 0.25) is 0 Å². The van der Waals surface area contributed by atoms with Crippen molar-refractivity contribution in [1.82, 2.24) is 4.98 Å². The van der Waals surface area contributed by atoms with Crippen LogP contribution >= 0.6 is 15.9 Å². The normalized spacial score (nSPS) is 11.5. The summed E-state index contributed by atoms with van der Waals surface area (Å²) in [6, 6.07) is 9.59. The third-order valence-corrected chi connectivity index (χ3v) is 3.90. The van der Waals surface area contributed by atoms with Crippen LogP contribution in [0, 0.1) is 0 Å². The summed E-state index contributed by atoms with van der Waals surface area (Å²) in [6.07, 6.45) is 8.48. The Labute approximate surface area is 156 Å². The van der Waals surface area contributed by atoms with E-state index in [1.54, 1.807) is 18.3 Å². The van der Waals surface area contributed by atoms with E-state index in [1.165, 1.54) is 6.20 Å². The number of halogens is 1. The molecule has 1 aromatic heterocycles. The third kappa shape index (κ3) is 5.69. The van der Waals surface area contributed by atoms with Crippen LogP contribution in [0.3, 0.4) is 0 Å². The Morgan fingerprint density at radius 2 is 2.20 bits per heavy atom. The second-order valence-corrected chi connectivity index (χ2v) is 6.08. The first-order chi connectivity index (χ1) is 12.1. The molecule has 0 radical (unpaired) electrons. The fourth-order valence-corrected chi connectivity index (χ4v) is 2.51. The number of pyridine rings is 1. The Bertz CT molecular complexity index is 787. The van der Waals surface area contributed by atoms with E-state index < -0.39 is 0 Å². The first-order valence-corrected chi connectivity index (χ1v) is 8.48. The highest BCUT2D eigenvalue weighted by molar-refractivity contribution is 9.10. The van der Waals surface area contributed by atoms with Gasteiger partial charge in [-0.05, 0) is 48.2 Å². The summed E-state index contributed by atoms with van der Waals surface area (Å²) in [5, 5.41) is 3.28. The lowest BCUT2D eigenvalue weighted by Gasteiger charge is -2.14. The number of nitrogen functional groups attached to an aromatic ring is 1. The molecule has 5 N–H and O–H groups in total. The van der Waals surface area contributed by atoms with Crippen LogP contribution in [0.2, 0.25) is 0 Å². The minimum absolute atomic E-state index is 0.400. The number of hydrogen-bond donors (Lipinski definition) is 3. The van der Waals surface area contributed by atoms with Crippen molar-refractivity contribution in [3.63, 3.8) is 0 Å². The van der Waals surface area contributed by atoms with Crippen molar-refractivity contribution in [3.8, 4) is 5.75 Å². The largest absolute Gasteiger partial charge is 0.489 e. The monoisotopic (exact) mass is 400 g/mol. The zero-order valence-corrected chi connectivity index (χ0v) is 15.4. The van der Waals surface area contributed by atoms with Gasteiger partial charge >= 0.3 is 0 Å². The quantitative estimate of drug-likeness (QED) is 0.582. The minimum Gasteiger partial charge on any atom is -0.489 e. The first-order valence-electron chi connectivity index (χ1n) is 7.69. The molecule has 130 valence electrons. The molecule has 0 saturated heterocycles. The molecule has 0 aliphatic rings. The Morgan fingerprint density at radius 3 is 2.92 bits per heavy atom. The molecule has 0 aliphatic heterocycles. The number of benzene rings is 1. The van der Waals surface area contributed by atoms with Crippen LogP contribution in [0.1, 0.15) is 5.56 Å². The van der Waals surface area contributed by atoms with Crippen LogP contribution in [-0.2, 0) is 6.54 Å². The maximum Gasteiger partial charge on any atom is 0.146 e. The minimum atomic E-state index is 0.400. The summed E-state index contributed by atoms with van der Waals surface area (Å²) in [6.45, 7) is 4.74. The summed E-state index contributed by atoms with van der Waals surface area (Å²) in [7, 11) is 0. The van der Waals surface area contributed by atoms with Crippen LogP contribution in [0.25, 0.3) is 0 Å². The van der Waals surface area contributed by atoms with E-state index in [9.17, 15) is 0 Å². The van der Waals surface area contributed by atoms with Crippen LogP contribution in [0.5, 0.6) is 5.75 Å². The van der Waals surface area contributed by atoms with Crippen molar-refractivity contribution in [2.24, 2.45) is 5.73 Å². The van der Waals surface area contributed by atoms with E-state index in [4.69, 9.17) is 16.2 Å². The van der Waals surface area contributed by atoms with Crippen LogP contribution in [0.15, 0.2) is 77.6 Å². The average Bonchev–Trinajstić information content (AvgIpc) is 2.62. The van der Waals surface area contributed by atoms with E-state index in [-0.39, 0.29) is 0 Å². The number of nitrogens with one attached hydrogen (secondary N) is 1. The molecular weight excluding hydrogens is 380 g/mol. The molecule has 0 fully saturated rings. The SMILES string of the molecule is C=C/C(=C\C=C/N)COc1ccc(Br)cc1CNc1cccnc1N. The van der Waals surface area contributed by atoms with Gasteiger partial charge in [0.05, 0.1) is 5.69 Å². The average molecular weight is 401 g/mol. The van der Waals surface area contributed by atoms with Crippen molar-refractivity contribution in [3.05, 3.63) is 83.1 Å². The second kappa shape index (κ2) is 9.54. The van der Waals surface area contributed by atoms with Crippen molar-refractivity contribution < 1.29 is 4.74 Å². The van der Waals surface area contributed by atoms with E-state index in [0.29, 0.717) is 19.0 Å².